The second-order valence-corrected chi connectivity index (χ2v) is 1.94. The lowest BCUT2D eigenvalue weighted by Gasteiger charge is -1.94. The summed E-state index contributed by atoms with van der Waals surface area (Å²) in [5.74, 6) is -0.00815. The van der Waals surface area contributed by atoms with Gasteiger partial charge in [-0.15, -0.1) is 0 Å². The maximum atomic E-state index is 8.23. The zero-order valence-corrected chi connectivity index (χ0v) is 5.82. The molecule has 0 atom stereocenters. The molecule has 60 valence electrons. The van der Waals surface area contributed by atoms with E-state index in [1.807, 2.05) is 0 Å². The Kier molecular flexibility index (Phi) is 2.51. The van der Waals surface area contributed by atoms with Crippen molar-refractivity contribution < 1.29 is 9.62 Å². The van der Waals surface area contributed by atoms with E-state index in [1.165, 1.54) is 0 Å². The van der Waals surface area contributed by atoms with Gasteiger partial charge in [0.15, 0.2) is 0 Å². The van der Waals surface area contributed by atoms with Gasteiger partial charge in [0.1, 0.15) is 0 Å². The van der Waals surface area contributed by atoms with Crippen molar-refractivity contribution in [2.75, 3.05) is 0 Å². The molecule has 0 spiro atoms. The van der Waals surface area contributed by atoms with Gasteiger partial charge in [-0.2, -0.15) is 0 Å². The van der Waals surface area contributed by atoms with Crippen LogP contribution >= 0.6 is 0 Å². The van der Waals surface area contributed by atoms with E-state index in [1.54, 1.807) is 24.1 Å². The van der Waals surface area contributed by atoms with E-state index in [4.69, 9.17) is 15.4 Å². The molecule has 11 heavy (non-hydrogen) atoms. The Morgan fingerprint density at radius 2 is 2.64 bits per heavy atom. The minimum Gasteiger partial charge on any atom is -0.472 e. The van der Waals surface area contributed by atoms with Crippen LogP contribution < -0.4 is 11.2 Å². The molecule has 0 unspecified atom stereocenters. The molecule has 1 aromatic heterocycles. The average Bonchev–Trinajstić information content (AvgIpc) is 2.52. The van der Waals surface area contributed by atoms with E-state index >= 15 is 0 Å². The van der Waals surface area contributed by atoms with Crippen LogP contribution in [0.2, 0.25) is 0 Å². The number of nitrogens with one attached hydrogen (secondary N) is 1. The molecule has 0 saturated carbocycles. The monoisotopic (exact) mass is 155 g/mol. The van der Waals surface area contributed by atoms with E-state index in [0.717, 1.165) is 5.56 Å². The number of hydroxylamine groups is 1. The number of aliphatic imine (C=N–C) groups is 1. The molecule has 0 radical (unpaired) electrons. The van der Waals surface area contributed by atoms with Gasteiger partial charge in [-0.3, -0.25) is 5.21 Å². The third-order valence-corrected chi connectivity index (χ3v) is 1.13. The van der Waals surface area contributed by atoms with Crippen molar-refractivity contribution in [1.29, 1.82) is 0 Å². The molecule has 5 heteroatoms. The Balaban J connectivity index is 2.45. The molecule has 0 saturated heterocycles. The van der Waals surface area contributed by atoms with Gasteiger partial charge in [0.25, 0.3) is 0 Å². The predicted molar refractivity (Wildman–Crippen MR) is 39.0 cm³/mol. The molecule has 1 heterocycles. The third-order valence-electron chi connectivity index (χ3n) is 1.13. The van der Waals surface area contributed by atoms with Crippen molar-refractivity contribution in [1.82, 2.24) is 5.48 Å². The average molecular weight is 155 g/mol. The summed E-state index contributed by atoms with van der Waals surface area (Å²) in [6.07, 6.45) is 3.11. The smallest absolute Gasteiger partial charge is 0.213 e. The number of furan rings is 1. The van der Waals surface area contributed by atoms with E-state index in [9.17, 15) is 0 Å². The van der Waals surface area contributed by atoms with Crippen LogP contribution in [-0.2, 0) is 6.54 Å². The molecule has 0 fully saturated rings. The Bertz CT molecular complexity index is 230. The highest BCUT2D eigenvalue weighted by Gasteiger charge is 1.91. The summed E-state index contributed by atoms with van der Waals surface area (Å²) < 4.78 is 4.79. The van der Waals surface area contributed by atoms with Crippen molar-refractivity contribution in [3.8, 4) is 0 Å². The predicted octanol–water partition coefficient (Wildman–Crippen LogP) is 0.0731. The second kappa shape index (κ2) is 3.62. The highest BCUT2D eigenvalue weighted by molar-refractivity contribution is 5.76. The molecule has 0 aromatic carbocycles. The third kappa shape index (κ3) is 2.30. The standard InChI is InChI=1S/C6H9N3O2/c7-6(9-10)8-3-5-1-2-11-4-5/h1-2,4,10H,3H2,(H3,7,8,9). The van der Waals surface area contributed by atoms with Crippen LogP contribution in [0.3, 0.4) is 0 Å². The number of nitrogens with two attached hydrogens (primary N) is 1. The molecular formula is C6H9N3O2. The lowest BCUT2D eigenvalue weighted by molar-refractivity contribution is 0.232. The van der Waals surface area contributed by atoms with Crippen LogP contribution in [0.25, 0.3) is 0 Å². The molecule has 0 amide bonds. The van der Waals surface area contributed by atoms with Crippen molar-refractivity contribution in [2.45, 2.75) is 6.54 Å². The van der Waals surface area contributed by atoms with Crippen molar-refractivity contribution in [3.63, 3.8) is 0 Å². The fraction of sp³-hybridized carbons (Fsp3) is 0.167. The normalized spacial score (nSPS) is 11.5. The first-order valence-electron chi connectivity index (χ1n) is 3.04. The maximum absolute atomic E-state index is 8.23. The summed E-state index contributed by atoms with van der Waals surface area (Å²) in [7, 11) is 0. The van der Waals surface area contributed by atoms with Crippen LogP contribution in [0, 0.1) is 0 Å². The van der Waals surface area contributed by atoms with Gasteiger partial charge >= 0.3 is 0 Å². The van der Waals surface area contributed by atoms with Gasteiger partial charge in [0, 0.05) is 5.56 Å². The van der Waals surface area contributed by atoms with Crippen LogP contribution in [0.5, 0.6) is 0 Å². The molecule has 4 N–H and O–H groups in total. The summed E-state index contributed by atoms with van der Waals surface area (Å²) in [5, 5.41) is 8.23. The van der Waals surface area contributed by atoms with E-state index in [0.29, 0.717) is 6.54 Å². The first-order chi connectivity index (χ1) is 5.33. The Labute approximate surface area is 63.5 Å². The Hall–Kier alpha value is -1.49. The lowest BCUT2D eigenvalue weighted by atomic mass is 10.3. The van der Waals surface area contributed by atoms with Crippen molar-refractivity contribution in [3.05, 3.63) is 24.2 Å². The van der Waals surface area contributed by atoms with Gasteiger partial charge in [0.2, 0.25) is 5.96 Å². The molecule has 0 aliphatic carbocycles. The highest BCUT2D eigenvalue weighted by Crippen LogP contribution is 2.00. The van der Waals surface area contributed by atoms with Gasteiger partial charge in [-0.1, -0.05) is 0 Å². The Morgan fingerprint density at radius 1 is 1.82 bits per heavy atom. The van der Waals surface area contributed by atoms with Gasteiger partial charge in [0.05, 0.1) is 19.1 Å². The van der Waals surface area contributed by atoms with Crippen molar-refractivity contribution in [2.24, 2.45) is 10.7 Å². The zero-order chi connectivity index (χ0) is 8.10. The summed E-state index contributed by atoms with van der Waals surface area (Å²) in [6, 6.07) is 1.77. The molecular weight excluding hydrogens is 146 g/mol. The van der Waals surface area contributed by atoms with Crippen LogP contribution in [0.1, 0.15) is 5.56 Å². The Morgan fingerprint density at radius 3 is 3.18 bits per heavy atom. The van der Waals surface area contributed by atoms with Crippen LogP contribution in [0.15, 0.2) is 28.0 Å². The molecule has 0 aliphatic rings. The topological polar surface area (TPSA) is 83.8 Å². The van der Waals surface area contributed by atoms with Crippen LogP contribution in [0.4, 0.5) is 0 Å². The summed E-state index contributed by atoms with van der Waals surface area (Å²) in [6.45, 7) is 0.399. The largest absolute Gasteiger partial charge is 0.472 e. The minimum atomic E-state index is -0.00815. The SMILES string of the molecule is NC(=NCc1ccoc1)NO. The fourth-order valence-electron chi connectivity index (χ4n) is 0.594. The quantitative estimate of drug-likeness (QED) is 0.320. The second-order valence-electron chi connectivity index (χ2n) is 1.94. The lowest BCUT2D eigenvalue weighted by Crippen LogP contribution is -2.28. The molecule has 1 aromatic rings. The molecule has 0 aliphatic heterocycles. The molecule has 5 nitrogen and oxygen atoms in total. The first kappa shape index (κ1) is 7.62. The summed E-state index contributed by atoms with van der Waals surface area (Å²) in [5.41, 5.74) is 7.78. The highest BCUT2D eigenvalue weighted by atomic mass is 16.5. The van der Waals surface area contributed by atoms with Crippen LogP contribution in [-0.4, -0.2) is 11.2 Å². The summed E-state index contributed by atoms with van der Waals surface area (Å²) in [4.78, 5) is 3.76. The van der Waals surface area contributed by atoms with Gasteiger partial charge < -0.3 is 10.2 Å². The number of hydrogen-bond donors (Lipinski definition) is 3. The maximum Gasteiger partial charge on any atom is 0.213 e. The molecule has 0 bridgehead atoms. The number of nitrogens with zero attached hydrogens (tertiary/aromatic N) is 1. The van der Waals surface area contributed by atoms with E-state index in [2.05, 4.69) is 4.99 Å². The fourth-order valence-corrected chi connectivity index (χ4v) is 0.594. The number of hydrogen-bond acceptors (Lipinski definition) is 3. The van der Waals surface area contributed by atoms with Gasteiger partial charge in [-0.05, 0) is 6.07 Å². The van der Waals surface area contributed by atoms with Crippen molar-refractivity contribution >= 4 is 5.96 Å². The molecule has 1 rings (SSSR count). The zero-order valence-electron chi connectivity index (χ0n) is 5.82. The summed E-state index contributed by atoms with van der Waals surface area (Å²) >= 11 is 0. The van der Waals surface area contributed by atoms with Gasteiger partial charge in [-0.25, -0.2) is 10.5 Å². The van der Waals surface area contributed by atoms with E-state index in [-0.39, 0.29) is 5.96 Å². The minimum absolute atomic E-state index is 0.00815. The number of rotatable bonds is 2. The first-order valence-corrected chi connectivity index (χ1v) is 3.04. The number of guanidine groups is 1. The van der Waals surface area contributed by atoms with E-state index < -0.39 is 0 Å².